The Morgan fingerprint density at radius 3 is 2.56 bits per heavy atom. The average Bonchev–Trinajstić information content (AvgIpc) is 3.39. The molecule has 12 heteroatoms. The van der Waals surface area contributed by atoms with Gasteiger partial charge < -0.3 is 30.2 Å². The van der Waals surface area contributed by atoms with Crippen molar-refractivity contribution in [2.24, 2.45) is 17.5 Å². The molecule has 0 amide bonds. The minimum absolute atomic E-state index is 0.261. The Morgan fingerprint density at radius 2 is 1.98 bits per heavy atom. The van der Waals surface area contributed by atoms with E-state index in [1.165, 1.54) is 19.3 Å². The third kappa shape index (κ3) is 6.32. The second-order valence-electron chi connectivity index (χ2n) is 11.8. The number of hydrogen-bond donors (Lipinski definition) is 3. The Balaban J connectivity index is 0.000000158. The van der Waals surface area contributed by atoms with E-state index in [1.54, 1.807) is 47.7 Å². The van der Waals surface area contributed by atoms with Gasteiger partial charge in [0.05, 0.1) is 50.4 Å². The molecule has 2 aromatic carbocycles. The first-order chi connectivity index (χ1) is 20.7. The van der Waals surface area contributed by atoms with Crippen LogP contribution in [0.5, 0.6) is 0 Å². The Hall–Kier alpha value is -2.60. The number of thiazole rings is 1. The summed E-state index contributed by atoms with van der Waals surface area (Å²) in [6.07, 6.45) is 6.98. The van der Waals surface area contributed by atoms with Gasteiger partial charge in [-0.1, -0.05) is 40.6 Å². The smallest absolute Gasteiger partial charge is 0.335 e. The Kier molecular flexibility index (Phi) is 9.05. The lowest BCUT2D eigenvalue weighted by molar-refractivity contribution is 0.0697. The molecule has 7 rings (SSSR count). The van der Waals surface area contributed by atoms with Crippen molar-refractivity contribution in [2.45, 2.75) is 56.5 Å². The SMILES string of the molecule is COC/C(=C(/N)c1c(Cl)cccc1Cl)N(N)C1CC1.O=C(O)c1cc(C2CCOC2)c2nc(N3CC4CCC3C4)sc2c1. The Labute approximate surface area is 265 Å². The van der Waals surface area contributed by atoms with Gasteiger partial charge in [0, 0.05) is 43.8 Å². The molecule has 0 spiro atoms. The van der Waals surface area contributed by atoms with E-state index < -0.39 is 5.97 Å². The minimum Gasteiger partial charge on any atom is -0.478 e. The van der Waals surface area contributed by atoms with Gasteiger partial charge in [-0.25, -0.2) is 15.6 Å². The van der Waals surface area contributed by atoms with E-state index in [-0.39, 0.29) is 5.92 Å². The third-order valence-corrected chi connectivity index (χ3v) is 10.5. The summed E-state index contributed by atoms with van der Waals surface area (Å²) in [6, 6.07) is 9.82. The zero-order valence-corrected chi connectivity index (χ0v) is 26.4. The van der Waals surface area contributed by atoms with Crippen molar-refractivity contribution in [3.05, 3.63) is 62.8 Å². The summed E-state index contributed by atoms with van der Waals surface area (Å²) in [5.74, 6) is 6.29. The molecule has 230 valence electrons. The number of carboxylic acids is 1. The molecule has 3 atom stereocenters. The van der Waals surface area contributed by atoms with Crippen LogP contribution in [0.3, 0.4) is 0 Å². The molecule has 3 unspecified atom stereocenters. The van der Waals surface area contributed by atoms with Gasteiger partial charge in [-0.2, -0.15) is 0 Å². The van der Waals surface area contributed by atoms with E-state index in [1.807, 2.05) is 6.07 Å². The Bertz CT molecular complexity index is 1520. The highest BCUT2D eigenvalue weighted by Crippen LogP contribution is 2.44. The molecule has 4 fully saturated rings. The van der Waals surface area contributed by atoms with Crippen LogP contribution in [0.15, 0.2) is 36.0 Å². The first-order valence-electron chi connectivity index (χ1n) is 14.7. The number of aromatic nitrogens is 1. The fraction of sp³-hybridized carbons (Fsp3) is 0.484. The topological polar surface area (TPSA) is 127 Å². The number of benzene rings is 2. The van der Waals surface area contributed by atoms with Crippen LogP contribution in [0.2, 0.25) is 10.0 Å². The van der Waals surface area contributed by atoms with Crippen LogP contribution in [0.1, 0.15) is 65.9 Å². The van der Waals surface area contributed by atoms with Crippen molar-refractivity contribution in [1.29, 1.82) is 0 Å². The lowest BCUT2D eigenvalue weighted by atomic mass is 9.95. The number of anilines is 1. The second-order valence-corrected chi connectivity index (χ2v) is 13.6. The maximum absolute atomic E-state index is 11.5. The summed E-state index contributed by atoms with van der Waals surface area (Å²) in [5.41, 5.74) is 10.4. The van der Waals surface area contributed by atoms with Crippen molar-refractivity contribution in [3.63, 3.8) is 0 Å². The number of piperidine rings is 1. The highest BCUT2D eigenvalue weighted by atomic mass is 35.5. The fourth-order valence-electron chi connectivity index (χ4n) is 6.44. The predicted molar refractivity (Wildman–Crippen MR) is 172 cm³/mol. The number of fused-ring (bicyclic) bond motifs is 3. The van der Waals surface area contributed by atoms with Gasteiger partial charge >= 0.3 is 5.97 Å². The number of methoxy groups -OCH3 is 1. The molecule has 2 saturated carbocycles. The van der Waals surface area contributed by atoms with Gasteiger partial charge in [-0.05, 0) is 74.3 Å². The first-order valence-corrected chi connectivity index (χ1v) is 16.3. The minimum atomic E-state index is -0.868. The molecule has 43 heavy (non-hydrogen) atoms. The average molecular weight is 647 g/mol. The largest absolute Gasteiger partial charge is 0.478 e. The zero-order chi connectivity index (χ0) is 30.2. The van der Waals surface area contributed by atoms with E-state index >= 15 is 0 Å². The van der Waals surface area contributed by atoms with E-state index in [9.17, 15) is 9.90 Å². The molecule has 4 aliphatic rings. The van der Waals surface area contributed by atoms with Gasteiger partial charge in [0.25, 0.3) is 0 Å². The number of hydrazine groups is 1. The maximum atomic E-state index is 11.5. The van der Waals surface area contributed by atoms with Crippen molar-refractivity contribution < 1.29 is 19.4 Å². The monoisotopic (exact) mass is 645 g/mol. The third-order valence-electron chi connectivity index (χ3n) is 8.86. The number of ether oxygens (including phenoxy) is 2. The van der Waals surface area contributed by atoms with Crippen LogP contribution in [0.4, 0.5) is 5.13 Å². The molecule has 0 radical (unpaired) electrons. The van der Waals surface area contributed by atoms with Gasteiger partial charge in [-0.15, -0.1) is 0 Å². The first kappa shape index (κ1) is 30.4. The fourth-order valence-corrected chi connectivity index (χ4v) is 8.16. The zero-order valence-electron chi connectivity index (χ0n) is 24.1. The lowest BCUT2D eigenvalue weighted by Gasteiger charge is -2.26. The van der Waals surface area contributed by atoms with Crippen LogP contribution in [-0.2, 0) is 9.47 Å². The quantitative estimate of drug-likeness (QED) is 0.197. The van der Waals surface area contributed by atoms with Crippen LogP contribution < -0.4 is 16.5 Å². The number of halogens is 2. The summed E-state index contributed by atoms with van der Waals surface area (Å²) in [6.45, 7) is 2.84. The highest BCUT2D eigenvalue weighted by Gasteiger charge is 2.39. The van der Waals surface area contributed by atoms with Crippen molar-refractivity contribution in [2.75, 3.05) is 38.4 Å². The number of carbonyl (C=O) groups is 1. The molecule has 2 bridgehead atoms. The number of nitrogens with zero attached hydrogens (tertiary/aromatic N) is 3. The molecular formula is C31H37Cl2N5O4S. The van der Waals surface area contributed by atoms with Crippen molar-refractivity contribution in [1.82, 2.24) is 9.99 Å². The summed E-state index contributed by atoms with van der Waals surface area (Å²) in [5, 5.41) is 13.2. The van der Waals surface area contributed by atoms with E-state index in [4.69, 9.17) is 49.2 Å². The second kappa shape index (κ2) is 12.8. The predicted octanol–water partition coefficient (Wildman–Crippen LogP) is 6.09. The van der Waals surface area contributed by atoms with Crippen molar-refractivity contribution in [3.8, 4) is 0 Å². The van der Waals surface area contributed by atoms with Crippen molar-refractivity contribution >= 4 is 61.6 Å². The maximum Gasteiger partial charge on any atom is 0.335 e. The Morgan fingerprint density at radius 1 is 1.21 bits per heavy atom. The van der Waals surface area contributed by atoms with Gasteiger partial charge in [0.15, 0.2) is 5.13 Å². The number of hydrogen-bond acceptors (Lipinski definition) is 9. The molecular weight excluding hydrogens is 609 g/mol. The molecule has 3 heterocycles. The summed E-state index contributed by atoms with van der Waals surface area (Å²) < 4.78 is 11.7. The summed E-state index contributed by atoms with van der Waals surface area (Å²) in [4.78, 5) is 18.9. The van der Waals surface area contributed by atoms with Gasteiger partial charge in [-0.3, -0.25) is 0 Å². The van der Waals surface area contributed by atoms with Crippen LogP contribution in [0.25, 0.3) is 15.9 Å². The molecule has 5 N–H and O–H groups in total. The number of aromatic carboxylic acids is 1. The van der Waals surface area contributed by atoms with Crippen LogP contribution >= 0.6 is 34.5 Å². The molecule has 2 aliphatic carbocycles. The van der Waals surface area contributed by atoms with Crippen LogP contribution in [-0.4, -0.2) is 66.6 Å². The molecule has 2 saturated heterocycles. The van der Waals surface area contributed by atoms with Gasteiger partial charge in [0.2, 0.25) is 0 Å². The van der Waals surface area contributed by atoms with E-state index in [0.29, 0.717) is 57.9 Å². The van der Waals surface area contributed by atoms with Crippen LogP contribution in [0, 0.1) is 5.92 Å². The molecule has 9 nitrogen and oxygen atoms in total. The molecule has 1 aromatic heterocycles. The molecule has 2 aliphatic heterocycles. The number of nitrogens with two attached hydrogens (primary N) is 2. The number of carboxylic acid groups (broad SMARTS) is 1. The summed E-state index contributed by atoms with van der Waals surface area (Å²) in [7, 11) is 1.60. The standard InChI is InChI=1S/C18H20N2O3S.C13H17Cl2N3O/c21-17(22)12-6-14(11-3-4-23-9-11)16-15(7-12)24-18(19-16)20-8-10-1-2-13(20)5-10;1-19-7-11(18(17)8-5-6-8)13(16)12-9(14)3-2-4-10(12)15/h6-7,10-11,13H,1-5,8-9H2,(H,21,22);2-4,8H,5-7,16-17H2,1H3/b;13-11-. The highest BCUT2D eigenvalue weighted by molar-refractivity contribution is 7.22. The molecule has 3 aromatic rings. The van der Waals surface area contributed by atoms with E-state index in [0.717, 1.165) is 59.2 Å². The van der Waals surface area contributed by atoms with Gasteiger partial charge in [0.1, 0.15) is 0 Å². The number of rotatable bonds is 8. The summed E-state index contributed by atoms with van der Waals surface area (Å²) >= 11 is 14.0. The lowest BCUT2D eigenvalue weighted by Crippen LogP contribution is -2.36. The normalized spacial score (nSPS) is 23.3. The van der Waals surface area contributed by atoms with E-state index in [2.05, 4.69) is 4.90 Å².